The average Bonchev–Trinajstić information content (AvgIpc) is 2.28. The van der Waals surface area contributed by atoms with Crippen LogP contribution in [0.25, 0.3) is 0 Å². The fourth-order valence-corrected chi connectivity index (χ4v) is 1.67. The van der Waals surface area contributed by atoms with Crippen molar-refractivity contribution in [2.75, 3.05) is 5.32 Å². The molecule has 0 amide bonds. The SMILES string of the molecule is Oc1ccccc1Nc1cccc(Cl)c1Cl. The lowest BCUT2D eigenvalue weighted by Crippen LogP contribution is -1.91. The number of para-hydroxylation sites is 2. The third kappa shape index (κ3) is 2.23. The lowest BCUT2D eigenvalue weighted by Gasteiger charge is -2.10. The highest BCUT2D eigenvalue weighted by molar-refractivity contribution is 6.43. The third-order valence-electron chi connectivity index (χ3n) is 2.12. The smallest absolute Gasteiger partial charge is 0.139 e. The Hall–Kier alpha value is -1.38. The van der Waals surface area contributed by atoms with Crippen molar-refractivity contribution >= 4 is 34.6 Å². The first-order valence-electron chi connectivity index (χ1n) is 4.67. The number of anilines is 2. The number of nitrogens with one attached hydrogen (secondary N) is 1. The van der Waals surface area contributed by atoms with Crippen LogP contribution in [-0.2, 0) is 0 Å². The van der Waals surface area contributed by atoms with E-state index in [0.717, 1.165) is 0 Å². The van der Waals surface area contributed by atoms with Gasteiger partial charge in [0.1, 0.15) is 5.75 Å². The maximum Gasteiger partial charge on any atom is 0.139 e. The molecule has 0 aliphatic heterocycles. The van der Waals surface area contributed by atoms with Crippen LogP contribution in [0.3, 0.4) is 0 Å². The van der Waals surface area contributed by atoms with Gasteiger partial charge in [0.25, 0.3) is 0 Å². The van der Waals surface area contributed by atoms with Gasteiger partial charge >= 0.3 is 0 Å². The van der Waals surface area contributed by atoms with E-state index in [4.69, 9.17) is 23.2 Å². The number of phenols is 1. The lowest BCUT2D eigenvalue weighted by molar-refractivity contribution is 0.478. The van der Waals surface area contributed by atoms with Crippen LogP contribution in [0, 0.1) is 0 Å². The Kier molecular flexibility index (Phi) is 3.22. The molecule has 0 heterocycles. The summed E-state index contributed by atoms with van der Waals surface area (Å²) >= 11 is 11.9. The van der Waals surface area contributed by atoms with Crippen LogP contribution in [0.5, 0.6) is 5.75 Å². The van der Waals surface area contributed by atoms with Gasteiger partial charge in [0, 0.05) is 0 Å². The first-order valence-corrected chi connectivity index (χ1v) is 5.43. The Morgan fingerprint density at radius 2 is 1.56 bits per heavy atom. The first-order chi connectivity index (χ1) is 7.68. The molecular formula is C12H9Cl2NO. The summed E-state index contributed by atoms with van der Waals surface area (Å²) in [6.45, 7) is 0. The molecule has 0 fully saturated rings. The second-order valence-electron chi connectivity index (χ2n) is 3.24. The maximum absolute atomic E-state index is 9.59. The van der Waals surface area contributed by atoms with Crippen molar-refractivity contribution in [2.24, 2.45) is 0 Å². The van der Waals surface area contributed by atoms with Crippen molar-refractivity contribution in [1.29, 1.82) is 0 Å². The fourth-order valence-electron chi connectivity index (χ4n) is 1.32. The molecule has 0 aromatic heterocycles. The van der Waals surface area contributed by atoms with E-state index in [9.17, 15) is 5.11 Å². The second-order valence-corrected chi connectivity index (χ2v) is 4.03. The van der Waals surface area contributed by atoms with Gasteiger partial charge in [-0.3, -0.25) is 0 Å². The number of aromatic hydroxyl groups is 1. The van der Waals surface area contributed by atoms with Gasteiger partial charge in [-0.25, -0.2) is 0 Å². The van der Waals surface area contributed by atoms with Crippen LogP contribution < -0.4 is 5.32 Å². The predicted molar refractivity (Wildman–Crippen MR) is 67.9 cm³/mol. The van der Waals surface area contributed by atoms with Gasteiger partial charge in [0.2, 0.25) is 0 Å². The summed E-state index contributed by atoms with van der Waals surface area (Å²) in [6.07, 6.45) is 0. The van der Waals surface area contributed by atoms with Gasteiger partial charge in [-0.05, 0) is 24.3 Å². The Morgan fingerprint density at radius 3 is 2.31 bits per heavy atom. The number of rotatable bonds is 2. The molecule has 2 aromatic rings. The largest absolute Gasteiger partial charge is 0.506 e. The molecule has 0 aliphatic carbocycles. The molecule has 16 heavy (non-hydrogen) atoms. The molecule has 0 unspecified atom stereocenters. The summed E-state index contributed by atoms with van der Waals surface area (Å²) in [6, 6.07) is 12.2. The van der Waals surface area contributed by atoms with E-state index in [1.807, 2.05) is 6.07 Å². The van der Waals surface area contributed by atoms with E-state index in [1.54, 1.807) is 36.4 Å². The van der Waals surface area contributed by atoms with Crippen molar-refractivity contribution in [3.8, 4) is 5.75 Å². The summed E-state index contributed by atoms with van der Waals surface area (Å²) < 4.78 is 0. The van der Waals surface area contributed by atoms with Gasteiger partial charge in [0.15, 0.2) is 0 Å². The lowest BCUT2D eigenvalue weighted by atomic mass is 10.2. The van der Waals surface area contributed by atoms with Gasteiger partial charge in [-0.2, -0.15) is 0 Å². The monoisotopic (exact) mass is 253 g/mol. The molecule has 0 atom stereocenters. The predicted octanol–water partition coefficient (Wildman–Crippen LogP) is 4.44. The molecular weight excluding hydrogens is 245 g/mol. The van der Waals surface area contributed by atoms with Crippen molar-refractivity contribution in [2.45, 2.75) is 0 Å². The topological polar surface area (TPSA) is 32.3 Å². The second kappa shape index (κ2) is 4.64. The molecule has 4 heteroatoms. The third-order valence-corrected chi connectivity index (χ3v) is 2.94. The zero-order valence-electron chi connectivity index (χ0n) is 8.24. The van der Waals surface area contributed by atoms with Crippen molar-refractivity contribution in [1.82, 2.24) is 0 Å². The molecule has 0 spiro atoms. The molecule has 2 N–H and O–H groups in total. The zero-order valence-corrected chi connectivity index (χ0v) is 9.76. The van der Waals surface area contributed by atoms with Gasteiger partial charge in [-0.15, -0.1) is 0 Å². The summed E-state index contributed by atoms with van der Waals surface area (Å²) in [5.41, 5.74) is 1.25. The van der Waals surface area contributed by atoms with E-state index in [1.165, 1.54) is 0 Å². The molecule has 0 saturated heterocycles. The Labute approximate surface area is 103 Å². The van der Waals surface area contributed by atoms with Gasteiger partial charge in [-0.1, -0.05) is 41.4 Å². The highest BCUT2D eigenvalue weighted by Gasteiger charge is 2.06. The number of hydrogen-bond acceptors (Lipinski definition) is 2. The summed E-state index contributed by atoms with van der Waals surface area (Å²) in [5, 5.41) is 13.5. The number of hydrogen-bond donors (Lipinski definition) is 2. The van der Waals surface area contributed by atoms with E-state index < -0.39 is 0 Å². The quantitative estimate of drug-likeness (QED) is 0.776. The molecule has 0 bridgehead atoms. The van der Waals surface area contributed by atoms with E-state index in [-0.39, 0.29) is 5.75 Å². The Bertz CT molecular complexity index is 514. The minimum atomic E-state index is 0.165. The van der Waals surface area contributed by atoms with Gasteiger partial charge in [0.05, 0.1) is 21.4 Å². The molecule has 0 radical (unpaired) electrons. The van der Waals surface area contributed by atoms with Crippen LogP contribution in [0.4, 0.5) is 11.4 Å². The minimum absolute atomic E-state index is 0.165. The minimum Gasteiger partial charge on any atom is -0.506 e. The number of halogens is 2. The summed E-state index contributed by atoms with van der Waals surface area (Å²) in [5.74, 6) is 0.165. The van der Waals surface area contributed by atoms with Crippen LogP contribution in [0.1, 0.15) is 0 Å². The number of benzene rings is 2. The molecule has 2 aromatic carbocycles. The highest BCUT2D eigenvalue weighted by atomic mass is 35.5. The standard InChI is InChI=1S/C12H9Cl2NO/c13-8-4-3-6-10(12(8)14)15-9-5-1-2-7-11(9)16/h1-7,15-16H. The van der Waals surface area contributed by atoms with Crippen LogP contribution in [-0.4, -0.2) is 5.11 Å². The van der Waals surface area contributed by atoms with Crippen LogP contribution >= 0.6 is 23.2 Å². The van der Waals surface area contributed by atoms with Crippen molar-refractivity contribution in [3.05, 3.63) is 52.5 Å². The molecule has 2 nitrogen and oxygen atoms in total. The molecule has 2 rings (SSSR count). The van der Waals surface area contributed by atoms with Crippen molar-refractivity contribution in [3.63, 3.8) is 0 Å². The van der Waals surface area contributed by atoms with Crippen LogP contribution in [0.2, 0.25) is 10.0 Å². The highest BCUT2D eigenvalue weighted by Crippen LogP contribution is 2.33. The number of phenolic OH excluding ortho intramolecular Hbond substituents is 1. The Balaban J connectivity index is 2.35. The molecule has 0 aliphatic rings. The van der Waals surface area contributed by atoms with E-state index >= 15 is 0 Å². The van der Waals surface area contributed by atoms with Gasteiger partial charge < -0.3 is 10.4 Å². The van der Waals surface area contributed by atoms with Crippen molar-refractivity contribution < 1.29 is 5.11 Å². The summed E-state index contributed by atoms with van der Waals surface area (Å²) in [7, 11) is 0. The first kappa shape index (κ1) is 11.1. The van der Waals surface area contributed by atoms with E-state index in [0.29, 0.717) is 21.4 Å². The molecule has 0 saturated carbocycles. The average molecular weight is 254 g/mol. The normalized spacial score (nSPS) is 10.1. The van der Waals surface area contributed by atoms with Crippen LogP contribution in [0.15, 0.2) is 42.5 Å². The van der Waals surface area contributed by atoms with E-state index in [2.05, 4.69) is 5.32 Å². The molecule has 82 valence electrons. The fraction of sp³-hybridized carbons (Fsp3) is 0. The summed E-state index contributed by atoms with van der Waals surface area (Å²) in [4.78, 5) is 0. The zero-order chi connectivity index (χ0) is 11.5. The Morgan fingerprint density at radius 1 is 0.875 bits per heavy atom. The maximum atomic E-state index is 9.59.